The van der Waals surface area contributed by atoms with E-state index >= 15 is 0 Å². The highest BCUT2D eigenvalue weighted by atomic mass is 32.2. The van der Waals surface area contributed by atoms with Crippen LogP contribution in [0.1, 0.15) is 19.4 Å². The van der Waals surface area contributed by atoms with Gasteiger partial charge in [-0.1, -0.05) is 30.0 Å². The number of hydrogen-bond acceptors (Lipinski definition) is 5. The van der Waals surface area contributed by atoms with Crippen molar-refractivity contribution in [1.82, 2.24) is 9.55 Å². The summed E-state index contributed by atoms with van der Waals surface area (Å²) in [7, 11) is 0. The van der Waals surface area contributed by atoms with Crippen LogP contribution in [0, 0.1) is 11.3 Å². The summed E-state index contributed by atoms with van der Waals surface area (Å²) in [5.41, 5.74) is 1.54. The molecule has 136 valence electrons. The fraction of sp³-hybridized carbons (Fsp3) is 0.200. The molecule has 2 aromatic carbocycles. The van der Waals surface area contributed by atoms with Crippen LogP contribution in [0.2, 0.25) is 0 Å². The second-order valence-corrected chi connectivity index (χ2v) is 7.21. The Morgan fingerprint density at radius 3 is 2.81 bits per heavy atom. The third kappa shape index (κ3) is 4.01. The van der Waals surface area contributed by atoms with E-state index in [1.54, 1.807) is 47.9 Å². The summed E-state index contributed by atoms with van der Waals surface area (Å²) in [6.07, 6.45) is 0. The first kappa shape index (κ1) is 18.7. The fourth-order valence-corrected chi connectivity index (χ4v) is 3.61. The van der Waals surface area contributed by atoms with Crippen LogP contribution in [-0.4, -0.2) is 20.7 Å². The van der Waals surface area contributed by atoms with Crippen LogP contribution in [0.3, 0.4) is 0 Å². The molecule has 1 amide bonds. The van der Waals surface area contributed by atoms with Crippen molar-refractivity contribution in [3.05, 3.63) is 64.4 Å². The summed E-state index contributed by atoms with van der Waals surface area (Å²) in [6.45, 7) is 4.10. The summed E-state index contributed by atoms with van der Waals surface area (Å²) in [5, 5.41) is 12.4. The lowest BCUT2D eigenvalue weighted by Crippen LogP contribution is -2.26. The Kier molecular flexibility index (Phi) is 5.57. The first-order valence-electron chi connectivity index (χ1n) is 8.50. The first-order chi connectivity index (χ1) is 13.0. The normalized spacial score (nSPS) is 11.7. The largest absolute Gasteiger partial charge is 0.325 e. The molecular weight excluding hydrogens is 360 g/mol. The van der Waals surface area contributed by atoms with E-state index in [2.05, 4.69) is 10.3 Å². The number of carbonyl (C=O) groups excluding carboxylic acids is 1. The molecule has 0 fully saturated rings. The number of fused-ring (bicyclic) bond motifs is 1. The first-order valence-corrected chi connectivity index (χ1v) is 9.38. The molecule has 0 aliphatic rings. The number of rotatable bonds is 5. The van der Waals surface area contributed by atoms with Crippen molar-refractivity contribution in [3.8, 4) is 6.07 Å². The minimum Gasteiger partial charge on any atom is -0.325 e. The molecule has 7 heteroatoms. The summed E-state index contributed by atoms with van der Waals surface area (Å²) in [5.74, 6) is -0.222. The standard InChI is InChI=1S/C20H18N4O2S/c1-3-24-19(26)16-9-4-5-10-17(16)23-20(24)27-13(2)18(25)22-15-8-6-7-14(11-15)12-21/h4-11,13H,3H2,1-2H3,(H,22,25). The Bertz CT molecular complexity index is 1100. The minimum absolute atomic E-state index is 0.111. The third-order valence-electron chi connectivity index (χ3n) is 4.05. The number of amides is 1. The second-order valence-electron chi connectivity index (χ2n) is 5.90. The molecule has 1 heterocycles. The zero-order valence-electron chi connectivity index (χ0n) is 15.0. The van der Waals surface area contributed by atoms with E-state index in [0.717, 1.165) is 0 Å². The zero-order chi connectivity index (χ0) is 19.4. The van der Waals surface area contributed by atoms with Gasteiger partial charge in [-0.05, 0) is 44.2 Å². The van der Waals surface area contributed by atoms with Gasteiger partial charge in [0, 0.05) is 12.2 Å². The predicted molar refractivity (Wildman–Crippen MR) is 107 cm³/mol. The van der Waals surface area contributed by atoms with Gasteiger partial charge in [0.05, 0.1) is 27.8 Å². The number of para-hydroxylation sites is 1. The highest BCUT2D eigenvalue weighted by Crippen LogP contribution is 2.23. The average Bonchev–Trinajstić information content (AvgIpc) is 2.68. The van der Waals surface area contributed by atoms with Crippen LogP contribution >= 0.6 is 11.8 Å². The number of nitrogens with zero attached hydrogens (tertiary/aromatic N) is 3. The van der Waals surface area contributed by atoms with Crippen molar-refractivity contribution in [3.63, 3.8) is 0 Å². The van der Waals surface area contributed by atoms with Gasteiger partial charge in [0.15, 0.2) is 5.16 Å². The molecule has 0 aliphatic heterocycles. The number of thioether (sulfide) groups is 1. The smallest absolute Gasteiger partial charge is 0.262 e. The van der Waals surface area contributed by atoms with Gasteiger partial charge < -0.3 is 5.32 Å². The number of benzene rings is 2. The van der Waals surface area contributed by atoms with Gasteiger partial charge in [-0.15, -0.1) is 0 Å². The number of hydrogen-bond donors (Lipinski definition) is 1. The van der Waals surface area contributed by atoms with Crippen LogP contribution in [0.25, 0.3) is 10.9 Å². The van der Waals surface area contributed by atoms with Gasteiger partial charge in [-0.25, -0.2) is 4.98 Å². The quantitative estimate of drug-likeness (QED) is 0.543. The van der Waals surface area contributed by atoms with Crippen molar-refractivity contribution in [2.45, 2.75) is 30.8 Å². The van der Waals surface area contributed by atoms with Crippen molar-refractivity contribution < 1.29 is 4.79 Å². The number of carbonyl (C=O) groups is 1. The maximum atomic E-state index is 12.7. The van der Waals surface area contributed by atoms with E-state index < -0.39 is 5.25 Å². The van der Waals surface area contributed by atoms with Crippen molar-refractivity contribution in [2.75, 3.05) is 5.32 Å². The van der Waals surface area contributed by atoms with E-state index in [-0.39, 0.29) is 11.5 Å². The predicted octanol–water partition coefficient (Wildman–Crippen LogP) is 3.41. The highest BCUT2D eigenvalue weighted by molar-refractivity contribution is 8.00. The summed E-state index contributed by atoms with van der Waals surface area (Å²) >= 11 is 1.24. The van der Waals surface area contributed by atoms with E-state index in [9.17, 15) is 9.59 Å². The van der Waals surface area contributed by atoms with Gasteiger partial charge in [-0.3, -0.25) is 14.2 Å². The summed E-state index contributed by atoms with van der Waals surface area (Å²) in [4.78, 5) is 29.8. The number of aromatic nitrogens is 2. The Balaban J connectivity index is 1.84. The Morgan fingerprint density at radius 2 is 2.07 bits per heavy atom. The lowest BCUT2D eigenvalue weighted by Gasteiger charge is -2.15. The summed E-state index contributed by atoms with van der Waals surface area (Å²) in [6, 6.07) is 16.0. The average molecular weight is 378 g/mol. The molecule has 0 radical (unpaired) electrons. The third-order valence-corrected chi connectivity index (χ3v) is 5.14. The van der Waals surface area contributed by atoms with E-state index in [0.29, 0.717) is 33.9 Å². The molecule has 3 aromatic rings. The van der Waals surface area contributed by atoms with E-state index in [1.165, 1.54) is 11.8 Å². The SMILES string of the molecule is CCn1c(SC(C)C(=O)Nc2cccc(C#N)c2)nc2ccccc2c1=O. The molecule has 1 atom stereocenters. The molecule has 0 aliphatic carbocycles. The Labute approximate surface area is 160 Å². The zero-order valence-corrected chi connectivity index (χ0v) is 15.8. The lowest BCUT2D eigenvalue weighted by atomic mass is 10.2. The van der Waals surface area contributed by atoms with Gasteiger partial charge >= 0.3 is 0 Å². The highest BCUT2D eigenvalue weighted by Gasteiger charge is 2.19. The molecule has 0 saturated carbocycles. The number of nitrogens with one attached hydrogen (secondary N) is 1. The van der Waals surface area contributed by atoms with Crippen LogP contribution < -0.4 is 10.9 Å². The maximum Gasteiger partial charge on any atom is 0.262 e. The molecule has 0 spiro atoms. The summed E-state index contributed by atoms with van der Waals surface area (Å²) < 4.78 is 1.58. The number of nitriles is 1. The number of anilines is 1. The van der Waals surface area contributed by atoms with Crippen LogP contribution in [0.5, 0.6) is 0 Å². The Morgan fingerprint density at radius 1 is 1.30 bits per heavy atom. The van der Waals surface area contributed by atoms with Gasteiger partial charge in [-0.2, -0.15) is 5.26 Å². The molecule has 3 rings (SSSR count). The fourth-order valence-electron chi connectivity index (χ4n) is 2.64. The van der Waals surface area contributed by atoms with Gasteiger partial charge in [0.1, 0.15) is 0 Å². The molecule has 27 heavy (non-hydrogen) atoms. The molecule has 1 aromatic heterocycles. The topological polar surface area (TPSA) is 87.8 Å². The monoisotopic (exact) mass is 378 g/mol. The Hall–Kier alpha value is -3.11. The van der Waals surface area contributed by atoms with Crippen LogP contribution in [0.4, 0.5) is 5.69 Å². The van der Waals surface area contributed by atoms with Gasteiger partial charge in [0.2, 0.25) is 5.91 Å². The van der Waals surface area contributed by atoms with E-state index in [1.807, 2.05) is 25.1 Å². The molecule has 1 unspecified atom stereocenters. The van der Waals surface area contributed by atoms with Crippen LogP contribution in [0.15, 0.2) is 58.5 Å². The van der Waals surface area contributed by atoms with Gasteiger partial charge in [0.25, 0.3) is 5.56 Å². The molecule has 0 saturated heterocycles. The van der Waals surface area contributed by atoms with Crippen molar-refractivity contribution in [2.24, 2.45) is 0 Å². The van der Waals surface area contributed by atoms with Crippen molar-refractivity contribution >= 4 is 34.3 Å². The van der Waals surface area contributed by atoms with Crippen molar-refractivity contribution in [1.29, 1.82) is 5.26 Å². The molecule has 0 bridgehead atoms. The maximum absolute atomic E-state index is 12.7. The second kappa shape index (κ2) is 8.06. The lowest BCUT2D eigenvalue weighted by molar-refractivity contribution is -0.115. The molecule has 1 N–H and O–H groups in total. The van der Waals surface area contributed by atoms with E-state index in [4.69, 9.17) is 5.26 Å². The van der Waals surface area contributed by atoms with Crippen LogP contribution in [-0.2, 0) is 11.3 Å². The molecule has 6 nitrogen and oxygen atoms in total. The molecular formula is C20H18N4O2S. The minimum atomic E-state index is -0.471.